The zero-order valence-electron chi connectivity index (χ0n) is 13.6. The molecule has 1 saturated carbocycles. The normalized spacial score (nSPS) is 21.4. The summed E-state index contributed by atoms with van der Waals surface area (Å²) in [6, 6.07) is 20.4. The molecule has 1 fully saturated rings. The Bertz CT molecular complexity index is 594. The number of nitrogens with zero attached hydrogens (tertiary/aromatic N) is 1. The van der Waals surface area contributed by atoms with Crippen LogP contribution in [0.4, 0.5) is 11.4 Å². The minimum absolute atomic E-state index is 0.514. The van der Waals surface area contributed by atoms with Gasteiger partial charge in [-0.05, 0) is 43.5 Å². The van der Waals surface area contributed by atoms with Crippen LogP contribution in [0.3, 0.4) is 0 Å². The van der Waals surface area contributed by atoms with Crippen LogP contribution in [0.2, 0.25) is 0 Å². The van der Waals surface area contributed by atoms with Crippen molar-refractivity contribution in [3.63, 3.8) is 0 Å². The molecule has 0 amide bonds. The van der Waals surface area contributed by atoms with Crippen LogP contribution in [0, 0.1) is 6.92 Å². The molecule has 0 radical (unpaired) electrons. The number of nitrogens with one attached hydrogen (secondary N) is 1. The summed E-state index contributed by atoms with van der Waals surface area (Å²) in [4.78, 5) is 2.45. The van der Waals surface area contributed by atoms with Crippen LogP contribution in [0.5, 0.6) is 0 Å². The summed E-state index contributed by atoms with van der Waals surface area (Å²) in [5.74, 6) is 0. The average molecular weight is 294 g/mol. The molecule has 2 atom stereocenters. The Labute approximate surface area is 134 Å². The summed E-state index contributed by atoms with van der Waals surface area (Å²) in [6.07, 6.45) is 5.15. The summed E-state index contributed by atoms with van der Waals surface area (Å²) < 4.78 is 0. The number of rotatable bonds is 4. The average Bonchev–Trinajstić information content (AvgIpc) is 2.58. The summed E-state index contributed by atoms with van der Waals surface area (Å²) in [5.41, 5.74) is 3.92. The van der Waals surface area contributed by atoms with E-state index in [4.69, 9.17) is 0 Å². The molecule has 0 aliphatic heterocycles. The van der Waals surface area contributed by atoms with Gasteiger partial charge >= 0.3 is 0 Å². The SMILES string of the molecule is Cc1ccccc1N[C@@H]1CCCC[C@H]1N(C)c1ccccc1. The molecule has 0 heterocycles. The molecule has 1 aliphatic carbocycles. The van der Waals surface area contributed by atoms with Crippen LogP contribution in [0.25, 0.3) is 0 Å². The Morgan fingerprint density at radius 1 is 0.909 bits per heavy atom. The first-order chi connectivity index (χ1) is 10.8. The Hall–Kier alpha value is -1.96. The van der Waals surface area contributed by atoms with E-state index in [-0.39, 0.29) is 0 Å². The highest BCUT2D eigenvalue weighted by Gasteiger charge is 2.28. The van der Waals surface area contributed by atoms with Crippen LogP contribution in [-0.2, 0) is 0 Å². The number of likely N-dealkylation sites (N-methyl/N-ethyl adjacent to an activating group) is 1. The lowest BCUT2D eigenvalue weighted by Crippen LogP contribution is -2.47. The fourth-order valence-corrected chi connectivity index (χ4v) is 3.53. The van der Waals surface area contributed by atoms with Crippen LogP contribution >= 0.6 is 0 Å². The van der Waals surface area contributed by atoms with Gasteiger partial charge in [0.1, 0.15) is 0 Å². The highest BCUT2D eigenvalue weighted by atomic mass is 15.2. The van der Waals surface area contributed by atoms with Gasteiger partial charge in [0.15, 0.2) is 0 Å². The third-order valence-corrected chi connectivity index (χ3v) is 4.88. The zero-order chi connectivity index (χ0) is 15.4. The molecule has 2 aromatic rings. The third kappa shape index (κ3) is 3.27. The van der Waals surface area contributed by atoms with Crippen molar-refractivity contribution in [2.45, 2.75) is 44.7 Å². The molecule has 0 aromatic heterocycles. The Morgan fingerprint density at radius 3 is 2.36 bits per heavy atom. The molecule has 3 rings (SSSR count). The Kier molecular flexibility index (Phi) is 4.67. The minimum Gasteiger partial charge on any atom is -0.380 e. The van der Waals surface area contributed by atoms with Gasteiger partial charge in [-0.3, -0.25) is 0 Å². The van der Waals surface area contributed by atoms with Crippen LogP contribution in [0.15, 0.2) is 54.6 Å². The summed E-state index contributed by atoms with van der Waals surface area (Å²) in [5, 5.41) is 3.81. The third-order valence-electron chi connectivity index (χ3n) is 4.88. The second kappa shape index (κ2) is 6.87. The van der Waals surface area contributed by atoms with Crippen molar-refractivity contribution in [2.24, 2.45) is 0 Å². The molecule has 2 aromatic carbocycles. The van der Waals surface area contributed by atoms with E-state index < -0.39 is 0 Å². The van der Waals surface area contributed by atoms with Crippen LogP contribution in [0.1, 0.15) is 31.2 Å². The maximum atomic E-state index is 3.81. The van der Waals surface area contributed by atoms with Crippen molar-refractivity contribution in [3.05, 3.63) is 60.2 Å². The van der Waals surface area contributed by atoms with Gasteiger partial charge in [0.05, 0.1) is 0 Å². The lowest BCUT2D eigenvalue weighted by atomic mass is 9.88. The first-order valence-corrected chi connectivity index (χ1v) is 8.36. The quantitative estimate of drug-likeness (QED) is 0.866. The number of anilines is 2. The van der Waals surface area contributed by atoms with E-state index in [1.807, 2.05) is 0 Å². The maximum absolute atomic E-state index is 3.81. The number of benzene rings is 2. The van der Waals surface area contributed by atoms with Crippen molar-refractivity contribution in [1.29, 1.82) is 0 Å². The van der Waals surface area contributed by atoms with E-state index in [9.17, 15) is 0 Å². The van der Waals surface area contributed by atoms with Crippen molar-refractivity contribution in [2.75, 3.05) is 17.3 Å². The largest absolute Gasteiger partial charge is 0.380 e. The molecule has 1 N–H and O–H groups in total. The summed E-state index contributed by atoms with van der Waals surface area (Å²) in [7, 11) is 2.23. The number of hydrogen-bond acceptors (Lipinski definition) is 2. The summed E-state index contributed by atoms with van der Waals surface area (Å²) in [6.45, 7) is 2.18. The van der Waals surface area contributed by atoms with Gasteiger partial charge in [0, 0.05) is 30.5 Å². The molecule has 0 saturated heterocycles. The second-order valence-electron chi connectivity index (χ2n) is 6.36. The second-order valence-corrected chi connectivity index (χ2v) is 6.36. The van der Waals surface area contributed by atoms with Gasteiger partial charge < -0.3 is 10.2 Å². The molecule has 0 spiro atoms. The standard InChI is InChI=1S/C20H26N2/c1-16-10-6-7-13-18(16)21-19-14-8-9-15-20(19)22(2)17-11-4-3-5-12-17/h3-7,10-13,19-21H,8-9,14-15H2,1-2H3/t19-,20-/m1/s1. The van der Waals surface area contributed by atoms with E-state index in [1.54, 1.807) is 0 Å². The van der Waals surface area contributed by atoms with Crippen LogP contribution in [-0.4, -0.2) is 19.1 Å². The Morgan fingerprint density at radius 2 is 1.59 bits per heavy atom. The topological polar surface area (TPSA) is 15.3 Å². The van der Waals surface area contributed by atoms with E-state index in [1.165, 1.54) is 42.6 Å². The predicted molar refractivity (Wildman–Crippen MR) is 95.7 cm³/mol. The number of para-hydroxylation sites is 2. The zero-order valence-corrected chi connectivity index (χ0v) is 13.6. The molecule has 116 valence electrons. The summed E-state index contributed by atoms with van der Waals surface area (Å²) >= 11 is 0. The van der Waals surface area contributed by atoms with E-state index in [0.717, 1.165) is 0 Å². The lowest BCUT2D eigenvalue weighted by molar-refractivity contribution is 0.392. The van der Waals surface area contributed by atoms with Crippen molar-refractivity contribution >= 4 is 11.4 Å². The van der Waals surface area contributed by atoms with E-state index >= 15 is 0 Å². The molecule has 2 heteroatoms. The van der Waals surface area contributed by atoms with Gasteiger partial charge in [0.2, 0.25) is 0 Å². The molecular weight excluding hydrogens is 268 g/mol. The van der Waals surface area contributed by atoms with Gasteiger partial charge in [-0.15, -0.1) is 0 Å². The van der Waals surface area contributed by atoms with Crippen LogP contribution < -0.4 is 10.2 Å². The number of hydrogen-bond donors (Lipinski definition) is 1. The van der Waals surface area contributed by atoms with Crippen molar-refractivity contribution < 1.29 is 0 Å². The Balaban J connectivity index is 1.78. The van der Waals surface area contributed by atoms with E-state index in [2.05, 4.69) is 78.8 Å². The minimum atomic E-state index is 0.514. The predicted octanol–water partition coefficient (Wildman–Crippen LogP) is 4.85. The van der Waals surface area contributed by atoms with Gasteiger partial charge in [-0.25, -0.2) is 0 Å². The number of aryl methyl sites for hydroxylation is 1. The molecule has 0 unspecified atom stereocenters. The monoisotopic (exact) mass is 294 g/mol. The van der Waals surface area contributed by atoms with Crippen molar-refractivity contribution in [1.82, 2.24) is 0 Å². The maximum Gasteiger partial charge on any atom is 0.0488 e. The van der Waals surface area contributed by atoms with E-state index in [0.29, 0.717) is 12.1 Å². The molecule has 22 heavy (non-hydrogen) atoms. The lowest BCUT2D eigenvalue weighted by Gasteiger charge is -2.40. The smallest absolute Gasteiger partial charge is 0.0488 e. The fraction of sp³-hybridized carbons (Fsp3) is 0.400. The fourth-order valence-electron chi connectivity index (χ4n) is 3.53. The van der Waals surface area contributed by atoms with Gasteiger partial charge in [-0.1, -0.05) is 49.2 Å². The first kappa shape index (κ1) is 15.0. The molecular formula is C20H26N2. The molecule has 1 aliphatic rings. The molecule has 0 bridgehead atoms. The van der Waals surface area contributed by atoms with Gasteiger partial charge in [-0.2, -0.15) is 0 Å². The highest BCUT2D eigenvalue weighted by molar-refractivity contribution is 5.53. The van der Waals surface area contributed by atoms with Crippen molar-refractivity contribution in [3.8, 4) is 0 Å². The first-order valence-electron chi connectivity index (χ1n) is 8.36. The highest BCUT2D eigenvalue weighted by Crippen LogP contribution is 2.29. The molecule has 2 nitrogen and oxygen atoms in total. The van der Waals surface area contributed by atoms with Gasteiger partial charge in [0.25, 0.3) is 0 Å².